The fourth-order valence-electron chi connectivity index (χ4n) is 4.10. The number of hydrogen-bond donors (Lipinski definition) is 3. The molecule has 2 aromatic rings. The van der Waals surface area contributed by atoms with Crippen molar-refractivity contribution in [3.05, 3.63) is 70.0 Å². The summed E-state index contributed by atoms with van der Waals surface area (Å²) < 4.78 is 0. The van der Waals surface area contributed by atoms with E-state index in [0.717, 1.165) is 37.9 Å². The van der Waals surface area contributed by atoms with E-state index >= 15 is 0 Å². The molecule has 8 heteroatoms. The Morgan fingerprint density at radius 3 is 2.47 bits per heavy atom. The number of nitrogens with two attached hydrogens (primary N) is 1. The van der Waals surface area contributed by atoms with Crippen molar-refractivity contribution < 1.29 is 9.72 Å². The lowest BCUT2D eigenvalue weighted by Crippen LogP contribution is -2.53. The third kappa shape index (κ3) is 5.40. The molecule has 1 unspecified atom stereocenters. The standard InChI is InChI=1S/C22H29N5O3/c23-21(28)22(11-5-17-6-12-24-13-7-17,19-1-3-20(4-2-19)27(29)30)26-16-10-18-8-14-25-15-9-18/h1-4,6-7,12-13,18,25-26H,5,8-11,14-16H2,(H2,23,28). The second-order valence-corrected chi connectivity index (χ2v) is 7.84. The van der Waals surface area contributed by atoms with Gasteiger partial charge in [0.15, 0.2) is 0 Å². The lowest BCUT2D eigenvalue weighted by Gasteiger charge is -2.34. The third-order valence-electron chi connectivity index (χ3n) is 5.97. The lowest BCUT2D eigenvalue weighted by molar-refractivity contribution is -0.384. The van der Waals surface area contributed by atoms with Crippen LogP contribution in [0.1, 0.15) is 36.8 Å². The summed E-state index contributed by atoms with van der Waals surface area (Å²) in [7, 11) is 0. The van der Waals surface area contributed by atoms with Crippen molar-refractivity contribution >= 4 is 11.6 Å². The monoisotopic (exact) mass is 411 g/mol. The van der Waals surface area contributed by atoms with E-state index in [0.29, 0.717) is 30.9 Å². The predicted molar refractivity (Wildman–Crippen MR) is 115 cm³/mol. The van der Waals surface area contributed by atoms with E-state index in [-0.39, 0.29) is 5.69 Å². The lowest BCUT2D eigenvalue weighted by atomic mass is 9.82. The predicted octanol–water partition coefficient (Wildman–Crippen LogP) is 2.28. The van der Waals surface area contributed by atoms with Crippen molar-refractivity contribution in [1.82, 2.24) is 15.6 Å². The van der Waals surface area contributed by atoms with E-state index < -0.39 is 16.4 Å². The van der Waals surface area contributed by atoms with Crippen molar-refractivity contribution in [2.45, 2.75) is 37.6 Å². The molecule has 3 rings (SSSR count). The van der Waals surface area contributed by atoms with E-state index in [1.807, 2.05) is 12.1 Å². The molecule has 2 heterocycles. The zero-order valence-corrected chi connectivity index (χ0v) is 17.0. The smallest absolute Gasteiger partial charge is 0.269 e. The van der Waals surface area contributed by atoms with Gasteiger partial charge in [-0.15, -0.1) is 0 Å². The summed E-state index contributed by atoms with van der Waals surface area (Å²) in [6.45, 7) is 2.70. The second kappa shape index (κ2) is 10.3. The molecule has 8 nitrogen and oxygen atoms in total. The largest absolute Gasteiger partial charge is 0.368 e. The number of nitrogens with one attached hydrogen (secondary N) is 2. The molecule has 1 aromatic heterocycles. The summed E-state index contributed by atoms with van der Waals surface area (Å²) in [5.41, 5.74) is 6.53. The van der Waals surface area contributed by atoms with E-state index in [2.05, 4.69) is 15.6 Å². The van der Waals surface area contributed by atoms with Gasteiger partial charge in [-0.2, -0.15) is 0 Å². The van der Waals surface area contributed by atoms with Gasteiger partial charge in [0.1, 0.15) is 5.54 Å². The molecule has 0 spiro atoms. The number of amides is 1. The Hall–Kier alpha value is -2.84. The van der Waals surface area contributed by atoms with Crippen molar-refractivity contribution in [3.63, 3.8) is 0 Å². The number of non-ortho nitro benzene ring substituents is 1. The molecule has 30 heavy (non-hydrogen) atoms. The van der Waals surface area contributed by atoms with E-state index in [1.54, 1.807) is 24.5 Å². The van der Waals surface area contributed by atoms with Crippen molar-refractivity contribution in [3.8, 4) is 0 Å². The number of piperidine rings is 1. The van der Waals surface area contributed by atoms with Crippen LogP contribution in [0.2, 0.25) is 0 Å². The van der Waals surface area contributed by atoms with Crippen LogP contribution in [0.3, 0.4) is 0 Å². The minimum atomic E-state index is -1.09. The number of aromatic nitrogens is 1. The highest BCUT2D eigenvalue weighted by Gasteiger charge is 2.38. The normalized spacial score (nSPS) is 16.7. The number of nitro groups is 1. The van der Waals surface area contributed by atoms with Crippen LogP contribution in [0.25, 0.3) is 0 Å². The van der Waals surface area contributed by atoms with E-state index in [4.69, 9.17) is 5.73 Å². The summed E-state index contributed by atoms with van der Waals surface area (Å²) >= 11 is 0. The molecule has 0 radical (unpaired) electrons. The quantitative estimate of drug-likeness (QED) is 0.407. The minimum absolute atomic E-state index is 0.0130. The van der Waals surface area contributed by atoms with Gasteiger partial charge in [-0.1, -0.05) is 0 Å². The first-order chi connectivity index (χ1) is 14.5. The molecule has 0 saturated carbocycles. The van der Waals surface area contributed by atoms with Crippen molar-refractivity contribution in [2.24, 2.45) is 11.7 Å². The van der Waals surface area contributed by atoms with Gasteiger partial charge in [0, 0.05) is 24.5 Å². The average Bonchev–Trinajstić information content (AvgIpc) is 2.77. The number of primary amides is 1. The first-order valence-electron chi connectivity index (χ1n) is 10.4. The molecule has 1 aromatic carbocycles. The van der Waals surface area contributed by atoms with Gasteiger partial charge in [0.05, 0.1) is 4.92 Å². The zero-order chi connectivity index (χ0) is 21.4. The maximum atomic E-state index is 12.7. The number of hydrogen-bond acceptors (Lipinski definition) is 6. The van der Waals surface area contributed by atoms with Crippen LogP contribution < -0.4 is 16.4 Å². The first kappa shape index (κ1) is 21.9. The Morgan fingerprint density at radius 2 is 1.87 bits per heavy atom. The van der Waals surface area contributed by atoms with Gasteiger partial charge in [0.25, 0.3) is 5.69 Å². The Labute approximate surface area is 176 Å². The van der Waals surface area contributed by atoms with Crippen LogP contribution in [0.4, 0.5) is 5.69 Å². The fourth-order valence-corrected chi connectivity index (χ4v) is 4.10. The van der Waals surface area contributed by atoms with Crippen LogP contribution in [-0.4, -0.2) is 35.4 Å². The van der Waals surface area contributed by atoms with Gasteiger partial charge in [0.2, 0.25) is 5.91 Å². The number of nitrogens with zero attached hydrogens (tertiary/aromatic N) is 2. The molecule has 0 aliphatic carbocycles. The summed E-state index contributed by atoms with van der Waals surface area (Å²) in [6, 6.07) is 9.94. The van der Waals surface area contributed by atoms with Crippen LogP contribution in [0.15, 0.2) is 48.8 Å². The van der Waals surface area contributed by atoms with Crippen LogP contribution >= 0.6 is 0 Å². The van der Waals surface area contributed by atoms with Crippen LogP contribution in [0.5, 0.6) is 0 Å². The Balaban J connectivity index is 1.81. The van der Waals surface area contributed by atoms with Crippen LogP contribution in [0, 0.1) is 16.0 Å². The van der Waals surface area contributed by atoms with Gasteiger partial charge < -0.3 is 11.1 Å². The number of carbonyl (C=O) groups is 1. The highest BCUT2D eigenvalue weighted by Crippen LogP contribution is 2.29. The Bertz CT molecular complexity index is 838. The van der Waals surface area contributed by atoms with Gasteiger partial charge in [-0.3, -0.25) is 25.2 Å². The van der Waals surface area contributed by atoms with Crippen molar-refractivity contribution in [1.29, 1.82) is 0 Å². The summed E-state index contributed by atoms with van der Waals surface area (Å²) in [5, 5.41) is 17.8. The Morgan fingerprint density at radius 1 is 1.20 bits per heavy atom. The zero-order valence-electron chi connectivity index (χ0n) is 17.0. The number of benzene rings is 1. The SMILES string of the molecule is NC(=O)C(CCc1ccncc1)(NCCC1CCNCC1)c1ccc([N+](=O)[O-])cc1. The maximum Gasteiger partial charge on any atom is 0.269 e. The number of nitro benzene ring substituents is 1. The summed E-state index contributed by atoms with van der Waals surface area (Å²) in [4.78, 5) is 27.4. The van der Waals surface area contributed by atoms with Gasteiger partial charge >= 0.3 is 0 Å². The summed E-state index contributed by atoms with van der Waals surface area (Å²) in [6.07, 6.45) is 7.73. The Kier molecular flexibility index (Phi) is 7.48. The van der Waals surface area contributed by atoms with E-state index in [1.165, 1.54) is 12.1 Å². The van der Waals surface area contributed by atoms with Gasteiger partial charge in [-0.05, 0) is 93.0 Å². The average molecular weight is 412 g/mol. The number of rotatable bonds is 10. The summed E-state index contributed by atoms with van der Waals surface area (Å²) in [5.74, 6) is 0.136. The topological polar surface area (TPSA) is 123 Å². The van der Waals surface area contributed by atoms with E-state index in [9.17, 15) is 14.9 Å². The molecule has 4 N–H and O–H groups in total. The number of aryl methyl sites for hydroxylation is 1. The second-order valence-electron chi connectivity index (χ2n) is 7.84. The molecule has 1 aliphatic heterocycles. The van der Waals surface area contributed by atoms with Gasteiger partial charge in [-0.25, -0.2) is 0 Å². The fraction of sp³-hybridized carbons (Fsp3) is 0.455. The molecule has 1 saturated heterocycles. The highest BCUT2D eigenvalue weighted by atomic mass is 16.6. The number of carbonyl (C=O) groups excluding carboxylic acids is 1. The molecule has 1 atom stereocenters. The van der Waals surface area contributed by atoms with Crippen molar-refractivity contribution in [2.75, 3.05) is 19.6 Å². The third-order valence-corrected chi connectivity index (χ3v) is 5.97. The molecule has 0 bridgehead atoms. The molecule has 160 valence electrons. The molecular weight excluding hydrogens is 382 g/mol. The molecule has 1 fully saturated rings. The molecule has 1 amide bonds. The number of pyridine rings is 1. The maximum absolute atomic E-state index is 12.7. The minimum Gasteiger partial charge on any atom is -0.368 e. The molecule has 1 aliphatic rings. The first-order valence-corrected chi connectivity index (χ1v) is 10.4. The highest BCUT2D eigenvalue weighted by molar-refractivity contribution is 5.86. The molecular formula is C22H29N5O3. The van der Waals surface area contributed by atoms with Crippen LogP contribution in [-0.2, 0) is 16.8 Å².